The Morgan fingerprint density at radius 2 is 2.07 bits per heavy atom. The van der Waals surface area contributed by atoms with Crippen LogP contribution in [0, 0.1) is 0 Å². The van der Waals surface area contributed by atoms with E-state index < -0.39 is 0 Å². The van der Waals surface area contributed by atoms with Crippen LogP contribution in [0.3, 0.4) is 0 Å². The zero-order valence-corrected chi connectivity index (χ0v) is 9.26. The van der Waals surface area contributed by atoms with E-state index in [4.69, 9.17) is 4.84 Å². The van der Waals surface area contributed by atoms with Crippen LogP contribution in [0.25, 0.3) is 0 Å². The summed E-state index contributed by atoms with van der Waals surface area (Å²) in [7, 11) is 1.64. The van der Waals surface area contributed by atoms with Gasteiger partial charge >= 0.3 is 0 Å². The minimum Gasteiger partial charge on any atom is -0.279 e. The van der Waals surface area contributed by atoms with Gasteiger partial charge in [0, 0.05) is 0 Å². The van der Waals surface area contributed by atoms with Crippen molar-refractivity contribution in [3.8, 4) is 0 Å². The Morgan fingerprint density at radius 1 is 1.29 bits per heavy atom. The van der Waals surface area contributed by atoms with Crippen molar-refractivity contribution in [2.75, 3.05) is 12.6 Å². The fourth-order valence-electron chi connectivity index (χ4n) is 1.58. The maximum absolute atomic E-state index is 4.95. The summed E-state index contributed by atoms with van der Waals surface area (Å²) in [5.74, 6) is 0. The summed E-state index contributed by atoms with van der Waals surface area (Å²) in [6.07, 6.45) is 3.33. The molecule has 1 aromatic rings. The number of hydrogen-bond donors (Lipinski definition) is 1. The van der Waals surface area contributed by atoms with Crippen LogP contribution in [-0.2, 0) is 17.7 Å². The molecule has 0 saturated heterocycles. The lowest BCUT2D eigenvalue weighted by Gasteiger charge is -2.10. The molecular formula is C12H19NO. The highest BCUT2D eigenvalue weighted by atomic mass is 16.6. The first-order valence-electron chi connectivity index (χ1n) is 5.22. The van der Waals surface area contributed by atoms with Gasteiger partial charge in [0.15, 0.2) is 0 Å². The second-order valence-electron chi connectivity index (χ2n) is 3.40. The molecule has 0 fully saturated rings. The van der Waals surface area contributed by atoms with Gasteiger partial charge in [-0.3, -0.25) is 10.3 Å². The number of hydrogen-bond acceptors (Lipinski definition) is 2. The summed E-state index contributed by atoms with van der Waals surface area (Å²) < 4.78 is 0. The summed E-state index contributed by atoms with van der Waals surface area (Å²) in [6, 6.07) is 6.54. The lowest BCUT2D eigenvalue weighted by molar-refractivity contribution is 0.270. The smallest absolute Gasteiger partial charge is 0.0639 e. The number of benzene rings is 1. The maximum Gasteiger partial charge on any atom is 0.0639 e. The van der Waals surface area contributed by atoms with Crippen LogP contribution in [0.4, 0.5) is 5.69 Å². The second-order valence-corrected chi connectivity index (χ2v) is 3.40. The van der Waals surface area contributed by atoms with E-state index >= 15 is 0 Å². The SMILES string of the molecule is CCCc1ccc(CC)c(NOC)c1. The first kappa shape index (κ1) is 11.1. The lowest BCUT2D eigenvalue weighted by atomic mass is 10.0. The van der Waals surface area contributed by atoms with Gasteiger partial charge in [-0.1, -0.05) is 32.4 Å². The largest absolute Gasteiger partial charge is 0.279 e. The third-order valence-corrected chi connectivity index (χ3v) is 2.31. The molecule has 1 rings (SSSR count). The minimum atomic E-state index is 1.03. The van der Waals surface area contributed by atoms with Crippen LogP contribution in [-0.4, -0.2) is 7.11 Å². The molecule has 0 heterocycles. The van der Waals surface area contributed by atoms with Crippen molar-refractivity contribution in [3.63, 3.8) is 0 Å². The zero-order chi connectivity index (χ0) is 10.4. The molecule has 1 aromatic carbocycles. The van der Waals surface area contributed by atoms with Gasteiger partial charge in [-0.25, -0.2) is 0 Å². The van der Waals surface area contributed by atoms with Crippen LogP contribution < -0.4 is 5.48 Å². The van der Waals surface area contributed by atoms with E-state index in [1.807, 2.05) is 0 Å². The second kappa shape index (κ2) is 5.66. The Bertz CT molecular complexity index is 284. The van der Waals surface area contributed by atoms with E-state index in [2.05, 4.69) is 37.5 Å². The topological polar surface area (TPSA) is 21.3 Å². The Morgan fingerprint density at radius 3 is 2.64 bits per heavy atom. The number of anilines is 1. The molecule has 0 aliphatic rings. The molecule has 2 nitrogen and oxygen atoms in total. The average Bonchev–Trinajstić information content (AvgIpc) is 2.19. The highest BCUT2D eigenvalue weighted by molar-refractivity contribution is 5.51. The number of rotatable bonds is 5. The van der Waals surface area contributed by atoms with Crippen molar-refractivity contribution in [2.45, 2.75) is 33.1 Å². The van der Waals surface area contributed by atoms with Crippen molar-refractivity contribution >= 4 is 5.69 Å². The quantitative estimate of drug-likeness (QED) is 0.725. The molecule has 0 aliphatic heterocycles. The highest BCUT2D eigenvalue weighted by Gasteiger charge is 2.01. The fraction of sp³-hybridized carbons (Fsp3) is 0.500. The van der Waals surface area contributed by atoms with Gasteiger partial charge in [-0.2, -0.15) is 0 Å². The molecule has 0 atom stereocenters. The minimum absolute atomic E-state index is 1.03. The van der Waals surface area contributed by atoms with E-state index in [0.717, 1.165) is 18.5 Å². The molecule has 0 aromatic heterocycles. The fourth-order valence-corrected chi connectivity index (χ4v) is 1.58. The summed E-state index contributed by atoms with van der Waals surface area (Å²) in [4.78, 5) is 4.95. The first-order chi connectivity index (χ1) is 6.81. The van der Waals surface area contributed by atoms with E-state index in [0.29, 0.717) is 0 Å². The highest BCUT2D eigenvalue weighted by Crippen LogP contribution is 2.19. The summed E-state index contributed by atoms with van der Waals surface area (Å²) >= 11 is 0. The Balaban J connectivity index is 2.88. The van der Waals surface area contributed by atoms with Gasteiger partial charge in [-0.15, -0.1) is 0 Å². The molecule has 2 heteroatoms. The number of nitrogens with one attached hydrogen (secondary N) is 1. The van der Waals surface area contributed by atoms with Crippen molar-refractivity contribution in [3.05, 3.63) is 29.3 Å². The number of aryl methyl sites for hydroxylation is 2. The lowest BCUT2D eigenvalue weighted by Crippen LogP contribution is -2.00. The van der Waals surface area contributed by atoms with Crippen molar-refractivity contribution in [1.29, 1.82) is 0 Å². The molecule has 0 spiro atoms. The summed E-state index contributed by atoms with van der Waals surface area (Å²) in [5, 5.41) is 0. The molecule has 0 bridgehead atoms. The monoisotopic (exact) mass is 193 g/mol. The molecule has 1 N–H and O–H groups in total. The molecular weight excluding hydrogens is 174 g/mol. The van der Waals surface area contributed by atoms with Gasteiger partial charge in [0.2, 0.25) is 0 Å². The molecule has 78 valence electrons. The predicted octanol–water partition coefficient (Wildman–Crippen LogP) is 3.17. The average molecular weight is 193 g/mol. The van der Waals surface area contributed by atoms with E-state index in [1.165, 1.54) is 17.5 Å². The predicted molar refractivity (Wildman–Crippen MR) is 60.4 cm³/mol. The Hall–Kier alpha value is -1.02. The van der Waals surface area contributed by atoms with Crippen LogP contribution in [0.5, 0.6) is 0 Å². The molecule has 14 heavy (non-hydrogen) atoms. The van der Waals surface area contributed by atoms with Crippen LogP contribution >= 0.6 is 0 Å². The third-order valence-electron chi connectivity index (χ3n) is 2.31. The van der Waals surface area contributed by atoms with Crippen molar-refractivity contribution < 1.29 is 4.84 Å². The van der Waals surface area contributed by atoms with Crippen molar-refractivity contribution in [2.24, 2.45) is 0 Å². The summed E-state index contributed by atoms with van der Waals surface area (Å²) in [5.41, 5.74) is 6.69. The first-order valence-corrected chi connectivity index (χ1v) is 5.22. The van der Waals surface area contributed by atoms with Gasteiger partial charge in [-0.05, 0) is 30.0 Å². The van der Waals surface area contributed by atoms with Gasteiger partial charge < -0.3 is 0 Å². The Kier molecular flexibility index (Phi) is 4.47. The molecule has 0 amide bonds. The molecule has 0 radical (unpaired) electrons. The normalized spacial score (nSPS) is 10.2. The van der Waals surface area contributed by atoms with Gasteiger partial charge in [0.05, 0.1) is 12.8 Å². The van der Waals surface area contributed by atoms with Crippen LogP contribution in [0.2, 0.25) is 0 Å². The molecule has 0 saturated carbocycles. The van der Waals surface area contributed by atoms with Gasteiger partial charge in [0.1, 0.15) is 0 Å². The van der Waals surface area contributed by atoms with Crippen LogP contribution in [0.1, 0.15) is 31.4 Å². The molecule has 0 unspecified atom stereocenters. The molecule has 0 aliphatic carbocycles. The maximum atomic E-state index is 4.95. The van der Waals surface area contributed by atoms with E-state index in [9.17, 15) is 0 Å². The van der Waals surface area contributed by atoms with Gasteiger partial charge in [0.25, 0.3) is 0 Å². The summed E-state index contributed by atoms with van der Waals surface area (Å²) in [6.45, 7) is 4.34. The van der Waals surface area contributed by atoms with Crippen LogP contribution in [0.15, 0.2) is 18.2 Å². The third kappa shape index (κ3) is 2.74. The zero-order valence-electron chi connectivity index (χ0n) is 9.26. The van der Waals surface area contributed by atoms with E-state index in [-0.39, 0.29) is 0 Å². The Labute approximate surface area is 86.2 Å². The van der Waals surface area contributed by atoms with Crippen molar-refractivity contribution in [1.82, 2.24) is 0 Å². The standard InChI is InChI=1S/C12H19NO/c1-4-6-10-7-8-11(5-2)12(9-10)13-14-3/h7-9,13H,4-6H2,1-3H3. The van der Waals surface area contributed by atoms with E-state index in [1.54, 1.807) is 7.11 Å².